The molecule has 2 N–H and O–H groups in total. The molecule has 1 aromatic rings. The first-order valence-corrected chi connectivity index (χ1v) is 5.99. The van der Waals surface area contributed by atoms with Crippen LogP contribution in [0, 0.1) is 11.7 Å². The Morgan fingerprint density at radius 3 is 2.57 bits per heavy atom. The van der Waals surface area contributed by atoms with Crippen LogP contribution in [0.2, 0.25) is 0 Å². The Morgan fingerprint density at radius 1 is 1.29 bits per heavy atom. The van der Waals surface area contributed by atoms with E-state index in [-0.39, 0.29) is 5.82 Å². The maximum Gasteiger partial charge on any atom is 0.123 e. The van der Waals surface area contributed by atoms with Crippen molar-refractivity contribution in [2.24, 2.45) is 11.7 Å². The van der Waals surface area contributed by atoms with Crippen LogP contribution in [0.3, 0.4) is 0 Å². The minimum absolute atomic E-state index is 0.168. The monoisotopic (exact) mass is 211 g/mol. The van der Waals surface area contributed by atoms with Crippen LogP contribution in [0.5, 0.6) is 0 Å². The van der Waals surface area contributed by atoms with Gasteiger partial charge in [-0.3, -0.25) is 0 Å². The van der Waals surface area contributed by atoms with Crippen molar-refractivity contribution in [1.82, 2.24) is 0 Å². The molecule has 0 aliphatic carbocycles. The fourth-order valence-electron chi connectivity index (χ4n) is 1.75. The van der Waals surface area contributed by atoms with Crippen molar-refractivity contribution in [3.63, 3.8) is 0 Å². The summed E-state index contributed by atoms with van der Waals surface area (Å²) in [7, 11) is 0. The fraction of sp³-hybridized carbons (Fsp3) is 0.455. The van der Waals surface area contributed by atoms with Crippen LogP contribution in [0.15, 0.2) is 24.3 Å². The Morgan fingerprint density at radius 2 is 2.00 bits per heavy atom. The lowest BCUT2D eigenvalue weighted by Gasteiger charge is -2.13. The first-order chi connectivity index (χ1) is 6.75. The molecule has 2 atom stereocenters. The van der Waals surface area contributed by atoms with Crippen molar-refractivity contribution in [3.05, 3.63) is 35.6 Å². The third-order valence-electron chi connectivity index (χ3n) is 2.66. The molecule has 0 radical (unpaired) electrons. The number of thioether (sulfide) groups is 1. The number of benzene rings is 1. The molecule has 0 aromatic heterocycles. The molecule has 1 heterocycles. The number of halogens is 1. The SMILES string of the molecule is NC1CSCC1Cc1ccc(F)cc1. The fourth-order valence-corrected chi connectivity index (χ4v) is 3.10. The maximum absolute atomic E-state index is 12.6. The van der Waals surface area contributed by atoms with Crippen molar-refractivity contribution >= 4 is 11.8 Å². The highest BCUT2D eigenvalue weighted by atomic mass is 32.2. The van der Waals surface area contributed by atoms with Crippen molar-refractivity contribution in [2.75, 3.05) is 11.5 Å². The predicted octanol–water partition coefficient (Wildman–Crippen LogP) is 2.06. The van der Waals surface area contributed by atoms with Crippen LogP contribution in [0.4, 0.5) is 4.39 Å². The topological polar surface area (TPSA) is 26.0 Å². The van der Waals surface area contributed by atoms with Crippen molar-refractivity contribution in [3.8, 4) is 0 Å². The van der Waals surface area contributed by atoms with E-state index in [0.29, 0.717) is 12.0 Å². The van der Waals surface area contributed by atoms with Crippen LogP contribution in [-0.4, -0.2) is 17.5 Å². The minimum Gasteiger partial charge on any atom is -0.327 e. The van der Waals surface area contributed by atoms with Gasteiger partial charge in [-0.1, -0.05) is 12.1 Å². The lowest BCUT2D eigenvalue weighted by atomic mass is 9.96. The zero-order valence-corrected chi connectivity index (χ0v) is 8.77. The normalized spacial score (nSPS) is 26.7. The third-order valence-corrected chi connectivity index (χ3v) is 3.94. The van der Waals surface area contributed by atoms with E-state index in [4.69, 9.17) is 5.73 Å². The number of nitrogens with two attached hydrogens (primary N) is 1. The highest BCUT2D eigenvalue weighted by Crippen LogP contribution is 2.25. The Kier molecular flexibility index (Phi) is 3.08. The summed E-state index contributed by atoms with van der Waals surface area (Å²) in [5.41, 5.74) is 7.15. The van der Waals surface area contributed by atoms with E-state index in [9.17, 15) is 4.39 Å². The largest absolute Gasteiger partial charge is 0.327 e. The summed E-state index contributed by atoms with van der Waals surface area (Å²) < 4.78 is 12.6. The van der Waals surface area contributed by atoms with Gasteiger partial charge >= 0.3 is 0 Å². The van der Waals surface area contributed by atoms with E-state index < -0.39 is 0 Å². The number of rotatable bonds is 2. The van der Waals surface area contributed by atoms with E-state index in [1.165, 1.54) is 17.7 Å². The highest BCUT2D eigenvalue weighted by molar-refractivity contribution is 7.99. The van der Waals surface area contributed by atoms with Crippen LogP contribution in [-0.2, 0) is 6.42 Å². The second-order valence-electron chi connectivity index (χ2n) is 3.79. The highest BCUT2D eigenvalue weighted by Gasteiger charge is 2.24. The molecule has 1 nitrogen and oxygen atoms in total. The molecule has 0 saturated carbocycles. The van der Waals surface area contributed by atoms with Gasteiger partial charge < -0.3 is 5.73 Å². The summed E-state index contributed by atoms with van der Waals surface area (Å²) >= 11 is 1.91. The van der Waals surface area contributed by atoms with Gasteiger partial charge in [0.1, 0.15) is 5.82 Å². The molecule has 76 valence electrons. The van der Waals surface area contributed by atoms with Crippen LogP contribution in [0.1, 0.15) is 5.56 Å². The molecule has 1 fully saturated rings. The molecule has 1 aromatic carbocycles. The van der Waals surface area contributed by atoms with Crippen LogP contribution >= 0.6 is 11.8 Å². The van der Waals surface area contributed by atoms with Gasteiger partial charge in [0.2, 0.25) is 0 Å². The third kappa shape index (κ3) is 2.28. The second-order valence-corrected chi connectivity index (χ2v) is 4.87. The van der Waals surface area contributed by atoms with E-state index in [2.05, 4.69) is 0 Å². The van der Waals surface area contributed by atoms with Gasteiger partial charge in [-0.2, -0.15) is 11.8 Å². The molecular weight excluding hydrogens is 197 g/mol. The smallest absolute Gasteiger partial charge is 0.123 e. The van der Waals surface area contributed by atoms with E-state index in [0.717, 1.165) is 17.9 Å². The van der Waals surface area contributed by atoms with Crippen LogP contribution in [0.25, 0.3) is 0 Å². The Bertz CT molecular complexity index is 299. The van der Waals surface area contributed by atoms with E-state index in [1.54, 1.807) is 0 Å². The summed E-state index contributed by atoms with van der Waals surface area (Å²) in [5, 5.41) is 0. The van der Waals surface area contributed by atoms with Gasteiger partial charge in [0, 0.05) is 11.8 Å². The molecule has 0 bridgehead atoms. The predicted molar refractivity (Wildman–Crippen MR) is 58.9 cm³/mol. The summed E-state index contributed by atoms with van der Waals surface area (Å²) in [6, 6.07) is 7.05. The Labute approximate surface area is 87.9 Å². The average Bonchev–Trinajstić information content (AvgIpc) is 2.56. The molecule has 2 unspecified atom stereocenters. The van der Waals surface area contributed by atoms with Gasteiger partial charge in [-0.15, -0.1) is 0 Å². The van der Waals surface area contributed by atoms with Gasteiger partial charge in [-0.25, -0.2) is 4.39 Å². The first-order valence-electron chi connectivity index (χ1n) is 4.83. The average molecular weight is 211 g/mol. The molecule has 0 amide bonds. The Hall–Kier alpha value is -0.540. The van der Waals surface area contributed by atoms with E-state index >= 15 is 0 Å². The zero-order chi connectivity index (χ0) is 9.97. The van der Waals surface area contributed by atoms with Crippen LogP contribution < -0.4 is 5.73 Å². The molecule has 14 heavy (non-hydrogen) atoms. The standard InChI is InChI=1S/C11H14FNS/c12-10-3-1-8(2-4-10)5-9-6-14-7-11(9)13/h1-4,9,11H,5-7,13H2. The summed E-state index contributed by atoms with van der Waals surface area (Å²) in [6.07, 6.45) is 0.981. The summed E-state index contributed by atoms with van der Waals surface area (Å²) in [6.45, 7) is 0. The molecule has 1 saturated heterocycles. The van der Waals surface area contributed by atoms with Gasteiger partial charge in [0.05, 0.1) is 0 Å². The molecular formula is C11H14FNS. The lowest BCUT2D eigenvalue weighted by molar-refractivity contribution is 0.514. The van der Waals surface area contributed by atoms with Gasteiger partial charge in [-0.05, 0) is 35.8 Å². The van der Waals surface area contributed by atoms with Crippen molar-refractivity contribution in [2.45, 2.75) is 12.5 Å². The summed E-state index contributed by atoms with van der Waals surface area (Å²) in [5.74, 6) is 2.59. The number of hydrogen-bond acceptors (Lipinski definition) is 2. The lowest BCUT2D eigenvalue weighted by Crippen LogP contribution is -2.29. The molecule has 3 heteroatoms. The molecule has 2 rings (SSSR count). The quantitative estimate of drug-likeness (QED) is 0.810. The van der Waals surface area contributed by atoms with Gasteiger partial charge in [0.15, 0.2) is 0 Å². The van der Waals surface area contributed by atoms with E-state index in [1.807, 2.05) is 23.9 Å². The minimum atomic E-state index is -0.168. The molecule has 1 aliphatic rings. The Balaban J connectivity index is 2.00. The first kappa shape index (κ1) is 9.99. The van der Waals surface area contributed by atoms with Crippen molar-refractivity contribution in [1.29, 1.82) is 0 Å². The number of hydrogen-bond donors (Lipinski definition) is 1. The molecule has 1 aliphatic heterocycles. The van der Waals surface area contributed by atoms with Gasteiger partial charge in [0.25, 0.3) is 0 Å². The van der Waals surface area contributed by atoms with Crippen molar-refractivity contribution < 1.29 is 4.39 Å². The summed E-state index contributed by atoms with van der Waals surface area (Å²) in [4.78, 5) is 0. The molecule has 0 spiro atoms. The zero-order valence-electron chi connectivity index (χ0n) is 7.95. The second kappa shape index (κ2) is 4.32. The maximum atomic E-state index is 12.6.